The number of carbonyl (C=O) groups excluding carboxylic acids is 2. The van der Waals surface area contributed by atoms with Gasteiger partial charge in [0.2, 0.25) is 5.91 Å². The molecular formula is C30H31F2N3O5. The number of carbonyl (C=O) groups is 2. The van der Waals surface area contributed by atoms with Gasteiger partial charge in [-0.1, -0.05) is 24.3 Å². The van der Waals surface area contributed by atoms with E-state index in [1.807, 2.05) is 0 Å². The highest BCUT2D eigenvalue weighted by molar-refractivity contribution is 6.03. The topological polar surface area (TPSA) is 102 Å². The summed E-state index contributed by atoms with van der Waals surface area (Å²) in [6, 6.07) is 15.5. The average Bonchev–Trinajstić information content (AvgIpc) is 2.96. The number of piperazine rings is 1. The zero-order valence-electron chi connectivity index (χ0n) is 21.8. The molecular weight excluding hydrogens is 520 g/mol. The van der Waals surface area contributed by atoms with Gasteiger partial charge in [0.15, 0.2) is 0 Å². The van der Waals surface area contributed by atoms with E-state index in [2.05, 4.69) is 5.32 Å². The number of aliphatic hydroxyl groups excluding tert-OH is 1. The Hall–Kier alpha value is -4.02. The molecule has 5 rings (SSSR count). The van der Waals surface area contributed by atoms with Crippen molar-refractivity contribution >= 4 is 17.7 Å². The fraction of sp³-hybridized carbons (Fsp3) is 0.333. The standard InChI is InChI=1S/C30H31F2N3O5/c31-21-4-2-20(3-5-21)26(36)12-11-25-28(35(29(25)38)23-8-6-22(32)7-9-23)24-10-1-19(17-27(24)37)18-40-30(39)34-15-13-33-14-16-34/h1-10,17,25-26,28,33,36-37H,11-16,18H2/t25-,26+,28?/m1/s1. The van der Waals surface area contributed by atoms with E-state index in [1.165, 1.54) is 59.5 Å². The third-order valence-corrected chi connectivity index (χ3v) is 7.48. The Morgan fingerprint density at radius 3 is 2.30 bits per heavy atom. The summed E-state index contributed by atoms with van der Waals surface area (Å²) in [4.78, 5) is 28.8. The van der Waals surface area contributed by atoms with Gasteiger partial charge in [-0.3, -0.25) is 4.79 Å². The molecule has 3 atom stereocenters. The van der Waals surface area contributed by atoms with Crippen LogP contribution in [0.4, 0.5) is 19.3 Å². The lowest BCUT2D eigenvalue weighted by atomic mass is 9.77. The number of hydrogen-bond donors (Lipinski definition) is 3. The number of rotatable bonds is 8. The first kappa shape index (κ1) is 27.5. The average molecular weight is 552 g/mol. The number of aromatic hydroxyl groups is 1. The molecule has 3 aromatic carbocycles. The van der Waals surface area contributed by atoms with E-state index in [4.69, 9.17) is 4.74 Å². The molecule has 0 aromatic heterocycles. The number of benzene rings is 3. The largest absolute Gasteiger partial charge is 0.508 e. The lowest BCUT2D eigenvalue weighted by molar-refractivity contribution is -0.131. The minimum absolute atomic E-state index is 0.0187. The molecule has 2 fully saturated rings. The predicted octanol–water partition coefficient (Wildman–Crippen LogP) is 4.43. The van der Waals surface area contributed by atoms with E-state index >= 15 is 0 Å². The molecule has 2 aliphatic heterocycles. The number of phenols is 1. The zero-order chi connectivity index (χ0) is 28.2. The Morgan fingerprint density at radius 1 is 1.00 bits per heavy atom. The van der Waals surface area contributed by atoms with Crippen molar-refractivity contribution in [3.8, 4) is 5.75 Å². The van der Waals surface area contributed by atoms with Crippen LogP contribution in [0.3, 0.4) is 0 Å². The second-order valence-electron chi connectivity index (χ2n) is 10.1. The van der Waals surface area contributed by atoms with Crippen molar-refractivity contribution in [2.24, 2.45) is 5.92 Å². The third kappa shape index (κ3) is 5.93. The van der Waals surface area contributed by atoms with Crippen molar-refractivity contribution in [3.63, 3.8) is 0 Å². The van der Waals surface area contributed by atoms with Crippen molar-refractivity contribution in [1.82, 2.24) is 10.2 Å². The maximum atomic E-state index is 13.6. The summed E-state index contributed by atoms with van der Waals surface area (Å²) in [5, 5.41) is 24.8. The van der Waals surface area contributed by atoms with Crippen LogP contribution in [-0.4, -0.2) is 53.3 Å². The molecule has 0 saturated carbocycles. The number of β-lactam (4-membered cyclic amide) rings is 1. The van der Waals surface area contributed by atoms with Gasteiger partial charge in [-0.15, -0.1) is 0 Å². The number of anilines is 1. The van der Waals surface area contributed by atoms with Crippen LogP contribution in [0.5, 0.6) is 5.75 Å². The van der Waals surface area contributed by atoms with Crippen molar-refractivity contribution in [1.29, 1.82) is 0 Å². The van der Waals surface area contributed by atoms with E-state index in [0.29, 0.717) is 55.0 Å². The molecule has 0 spiro atoms. The molecule has 0 radical (unpaired) electrons. The Kier molecular flexibility index (Phi) is 8.27. The van der Waals surface area contributed by atoms with Crippen LogP contribution in [0.1, 0.15) is 41.7 Å². The van der Waals surface area contributed by atoms with Crippen LogP contribution < -0.4 is 10.2 Å². The first-order valence-corrected chi connectivity index (χ1v) is 13.3. The smallest absolute Gasteiger partial charge is 0.410 e. The summed E-state index contributed by atoms with van der Waals surface area (Å²) >= 11 is 0. The molecule has 2 aliphatic rings. The maximum Gasteiger partial charge on any atom is 0.410 e. The molecule has 0 bridgehead atoms. The Morgan fingerprint density at radius 2 is 1.65 bits per heavy atom. The fourth-order valence-corrected chi connectivity index (χ4v) is 5.28. The number of halogens is 2. The van der Waals surface area contributed by atoms with Gasteiger partial charge in [0.25, 0.3) is 0 Å². The van der Waals surface area contributed by atoms with Gasteiger partial charge in [0.1, 0.15) is 24.0 Å². The number of amides is 2. The summed E-state index contributed by atoms with van der Waals surface area (Å²) < 4.78 is 32.3. The summed E-state index contributed by atoms with van der Waals surface area (Å²) in [5.41, 5.74) is 2.11. The van der Waals surface area contributed by atoms with Crippen molar-refractivity contribution < 1.29 is 33.3 Å². The number of nitrogens with zero attached hydrogens (tertiary/aromatic N) is 2. The Balaban J connectivity index is 1.32. The van der Waals surface area contributed by atoms with Crippen LogP contribution in [0, 0.1) is 17.6 Å². The molecule has 8 nitrogen and oxygen atoms in total. The molecule has 0 aliphatic carbocycles. The van der Waals surface area contributed by atoms with Crippen molar-refractivity contribution in [3.05, 3.63) is 95.1 Å². The first-order valence-electron chi connectivity index (χ1n) is 13.3. The molecule has 1 unspecified atom stereocenters. The van der Waals surface area contributed by atoms with Crippen LogP contribution in [0.2, 0.25) is 0 Å². The van der Waals surface area contributed by atoms with E-state index in [-0.39, 0.29) is 24.7 Å². The summed E-state index contributed by atoms with van der Waals surface area (Å²) in [6.07, 6.45) is -0.757. The first-order chi connectivity index (χ1) is 19.3. The normalized spacial score (nSPS) is 19.7. The van der Waals surface area contributed by atoms with Gasteiger partial charge in [0.05, 0.1) is 18.1 Å². The molecule has 2 heterocycles. The molecule has 210 valence electrons. The lowest BCUT2D eigenvalue weighted by Crippen LogP contribution is -2.55. The van der Waals surface area contributed by atoms with Gasteiger partial charge >= 0.3 is 6.09 Å². The number of hydrogen-bond acceptors (Lipinski definition) is 6. The minimum Gasteiger partial charge on any atom is -0.508 e. The van der Waals surface area contributed by atoms with Gasteiger partial charge < -0.3 is 30.1 Å². The predicted molar refractivity (Wildman–Crippen MR) is 143 cm³/mol. The quantitative estimate of drug-likeness (QED) is 0.358. The minimum atomic E-state index is -0.893. The second-order valence-corrected chi connectivity index (χ2v) is 10.1. The van der Waals surface area contributed by atoms with E-state index in [1.54, 1.807) is 17.0 Å². The highest BCUT2D eigenvalue weighted by Crippen LogP contribution is 2.48. The number of ether oxygens (including phenoxy) is 1. The number of aliphatic hydroxyl groups is 1. The SMILES string of the molecule is O=C(OCc1ccc(C2[C@@H](CC[C@H](O)c3ccc(F)cc3)C(=O)N2c2ccc(F)cc2)c(O)c1)N1CCNCC1. The fourth-order valence-electron chi connectivity index (χ4n) is 5.28. The van der Waals surface area contributed by atoms with Crippen LogP contribution in [0.25, 0.3) is 0 Å². The monoisotopic (exact) mass is 551 g/mol. The summed E-state index contributed by atoms with van der Waals surface area (Å²) in [6.45, 7) is 2.52. The maximum absolute atomic E-state index is 13.6. The zero-order valence-corrected chi connectivity index (χ0v) is 21.8. The summed E-state index contributed by atoms with van der Waals surface area (Å²) in [5.74, 6) is -1.67. The molecule has 40 heavy (non-hydrogen) atoms. The summed E-state index contributed by atoms with van der Waals surface area (Å²) in [7, 11) is 0. The Bertz CT molecular complexity index is 1350. The molecule has 3 aromatic rings. The highest BCUT2D eigenvalue weighted by atomic mass is 19.1. The van der Waals surface area contributed by atoms with Crippen molar-refractivity contribution in [2.75, 3.05) is 31.1 Å². The molecule has 2 saturated heterocycles. The van der Waals surface area contributed by atoms with E-state index < -0.39 is 35.8 Å². The third-order valence-electron chi connectivity index (χ3n) is 7.48. The lowest BCUT2D eigenvalue weighted by Gasteiger charge is -2.48. The van der Waals surface area contributed by atoms with Gasteiger partial charge in [-0.2, -0.15) is 0 Å². The van der Waals surface area contributed by atoms with Crippen molar-refractivity contribution in [2.45, 2.75) is 31.6 Å². The van der Waals surface area contributed by atoms with Gasteiger partial charge in [-0.25, -0.2) is 13.6 Å². The van der Waals surface area contributed by atoms with Crippen LogP contribution >= 0.6 is 0 Å². The molecule has 3 N–H and O–H groups in total. The second kappa shape index (κ2) is 12.0. The van der Waals surface area contributed by atoms with E-state index in [0.717, 1.165) is 0 Å². The molecule has 2 amide bonds. The van der Waals surface area contributed by atoms with Gasteiger partial charge in [0, 0.05) is 37.4 Å². The van der Waals surface area contributed by atoms with E-state index in [9.17, 15) is 28.6 Å². The molecule has 10 heteroatoms. The van der Waals surface area contributed by atoms with Crippen LogP contribution in [-0.2, 0) is 16.1 Å². The number of nitrogens with one attached hydrogen (secondary N) is 1. The Labute approximate surface area is 230 Å². The number of phenolic OH excluding ortho intramolecular Hbond substituents is 1. The van der Waals surface area contributed by atoms with Gasteiger partial charge in [-0.05, 0) is 66.4 Å². The highest BCUT2D eigenvalue weighted by Gasteiger charge is 2.49. The van der Waals surface area contributed by atoms with Crippen LogP contribution in [0.15, 0.2) is 66.7 Å².